The lowest BCUT2D eigenvalue weighted by atomic mass is 10.1. The maximum absolute atomic E-state index is 5.45. The molecule has 1 aromatic heterocycles. The van der Waals surface area contributed by atoms with Crippen LogP contribution < -0.4 is 20.1 Å². The molecule has 0 fully saturated rings. The fraction of sp³-hybridized carbons (Fsp3) is 0.571. The lowest BCUT2D eigenvalue weighted by molar-refractivity contribution is 0.174. The van der Waals surface area contributed by atoms with Crippen molar-refractivity contribution >= 4 is 5.96 Å². The summed E-state index contributed by atoms with van der Waals surface area (Å²) >= 11 is 0. The van der Waals surface area contributed by atoms with Gasteiger partial charge in [-0.3, -0.25) is 4.99 Å². The monoisotopic (exact) mass is 398 g/mol. The van der Waals surface area contributed by atoms with Crippen LogP contribution in [0.1, 0.15) is 43.4 Å². The van der Waals surface area contributed by atoms with E-state index in [-0.39, 0.29) is 0 Å². The molecule has 3 heterocycles. The standard InChI is InChI=1S/C21H30N6O2/c1-2-22-21(23-11-9-16-7-8-17-18(14-16)29-15-28-17)24-12-10-20-26-25-19-6-4-3-5-13-27(19)20/h7-8,14H,2-6,9-13,15H2,1H3,(H2,22,23,24). The van der Waals surface area contributed by atoms with Crippen LogP contribution in [0.5, 0.6) is 11.5 Å². The van der Waals surface area contributed by atoms with Gasteiger partial charge in [-0.05, 0) is 43.9 Å². The van der Waals surface area contributed by atoms with Crippen molar-refractivity contribution in [2.45, 2.75) is 52.0 Å². The van der Waals surface area contributed by atoms with E-state index in [1.807, 2.05) is 12.1 Å². The average molecular weight is 399 g/mol. The van der Waals surface area contributed by atoms with Gasteiger partial charge in [0, 0.05) is 39.0 Å². The van der Waals surface area contributed by atoms with E-state index in [1.54, 1.807) is 0 Å². The summed E-state index contributed by atoms with van der Waals surface area (Å²) in [5, 5.41) is 15.5. The predicted molar refractivity (Wildman–Crippen MR) is 112 cm³/mol. The Bertz CT molecular complexity index is 848. The molecule has 2 aliphatic heterocycles. The molecule has 0 radical (unpaired) electrons. The zero-order valence-corrected chi connectivity index (χ0v) is 17.1. The molecule has 0 spiro atoms. The van der Waals surface area contributed by atoms with Crippen molar-refractivity contribution in [2.24, 2.45) is 4.99 Å². The van der Waals surface area contributed by atoms with Gasteiger partial charge in [-0.2, -0.15) is 0 Å². The topological polar surface area (TPSA) is 85.6 Å². The zero-order chi connectivity index (χ0) is 19.9. The van der Waals surface area contributed by atoms with Crippen LogP contribution in [0, 0.1) is 0 Å². The molecule has 8 heteroatoms. The van der Waals surface area contributed by atoms with Crippen LogP contribution in [0.3, 0.4) is 0 Å². The van der Waals surface area contributed by atoms with Crippen molar-refractivity contribution < 1.29 is 9.47 Å². The molecule has 1 aromatic carbocycles. The summed E-state index contributed by atoms with van der Waals surface area (Å²) in [6.07, 6.45) is 6.45. The molecular formula is C21H30N6O2. The lowest BCUT2D eigenvalue weighted by Gasteiger charge is -2.12. The SMILES string of the molecule is CCNC(=NCCc1nnc2n1CCCCC2)NCCc1ccc2c(c1)OCO2. The van der Waals surface area contributed by atoms with Gasteiger partial charge in [-0.15, -0.1) is 10.2 Å². The zero-order valence-electron chi connectivity index (χ0n) is 17.1. The van der Waals surface area contributed by atoms with E-state index in [0.717, 1.165) is 68.0 Å². The van der Waals surface area contributed by atoms with E-state index >= 15 is 0 Å². The first-order valence-electron chi connectivity index (χ1n) is 10.6. The Morgan fingerprint density at radius 3 is 2.97 bits per heavy atom. The molecule has 2 N–H and O–H groups in total. The number of aryl methyl sites for hydroxylation is 1. The molecule has 29 heavy (non-hydrogen) atoms. The number of benzene rings is 1. The summed E-state index contributed by atoms with van der Waals surface area (Å²) in [6, 6.07) is 6.10. The maximum Gasteiger partial charge on any atom is 0.231 e. The fourth-order valence-electron chi connectivity index (χ4n) is 3.76. The number of ether oxygens (including phenoxy) is 2. The Balaban J connectivity index is 1.28. The number of hydrogen-bond donors (Lipinski definition) is 2. The Morgan fingerprint density at radius 2 is 2.03 bits per heavy atom. The molecule has 0 bridgehead atoms. The molecule has 0 amide bonds. The summed E-state index contributed by atoms with van der Waals surface area (Å²) in [7, 11) is 0. The molecule has 156 valence electrons. The van der Waals surface area contributed by atoms with Crippen molar-refractivity contribution in [3.63, 3.8) is 0 Å². The number of fused-ring (bicyclic) bond motifs is 2. The Hall–Kier alpha value is -2.77. The smallest absolute Gasteiger partial charge is 0.231 e. The molecule has 0 aliphatic carbocycles. The second-order valence-electron chi connectivity index (χ2n) is 7.37. The summed E-state index contributed by atoms with van der Waals surface area (Å²) in [4.78, 5) is 4.72. The van der Waals surface area contributed by atoms with Crippen LogP contribution >= 0.6 is 0 Å². The van der Waals surface area contributed by atoms with Crippen molar-refractivity contribution in [2.75, 3.05) is 26.4 Å². The summed E-state index contributed by atoms with van der Waals surface area (Å²) < 4.78 is 13.1. The molecule has 4 rings (SSSR count). The van der Waals surface area contributed by atoms with Crippen LogP contribution in [0.2, 0.25) is 0 Å². The second kappa shape index (κ2) is 9.62. The summed E-state index contributed by atoms with van der Waals surface area (Å²) in [5.41, 5.74) is 1.21. The minimum atomic E-state index is 0.309. The number of guanidine groups is 1. The Kier molecular flexibility index (Phi) is 6.49. The first-order valence-corrected chi connectivity index (χ1v) is 10.6. The number of rotatable bonds is 7. The van der Waals surface area contributed by atoms with E-state index in [2.05, 4.69) is 38.4 Å². The number of hydrogen-bond acceptors (Lipinski definition) is 5. The second-order valence-corrected chi connectivity index (χ2v) is 7.37. The van der Waals surface area contributed by atoms with Crippen LogP contribution in [0.4, 0.5) is 0 Å². The highest BCUT2D eigenvalue weighted by molar-refractivity contribution is 5.79. The highest BCUT2D eigenvalue weighted by Gasteiger charge is 2.15. The minimum absolute atomic E-state index is 0.309. The highest BCUT2D eigenvalue weighted by atomic mass is 16.7. The third-order valence-electron chi connectivity index (χ3n) is 5.28. The molecule has 8 nitrogen and oxygen atoms in total. The fourth-order valence-corrected chi connectivity index (χ4v) is 3.76. The van der Waals surface area contributed by atoms with Gasteiger partial charge in [0.25, 0.3) is 0 Å². The van der Waals surface area contributed by atoms with E-state index in [4.69, 9.17) is 14.5 Å². The van der Waals surface area contributed by atoms with E-state index in [0.29, 0.717) is 13.3 Å². The molecule has 0 atom stereocenters. The van der Waals surface area contributed by atoms with E-state index in [9.17, 15) is 0 Å². The van der Waals surface area contributed by atoms with Gasteiger partial charge >= 0.3 is 0 Å². The number of aromatic nitrogens is 3. The normalized spacial score (nSPS) is 15.7. The van der Waals surface area contributed by atoms with Crippen LogP contribution in [0.25, 0.3) is 0 Å². The Morgan fingerprint density at radius 1 is 1.10 bits per heavy atom. The highest BCUT2D eigenvalue weighted by Crippen LogP contribution is 2.32. The van der Waals surface area contributed by atoms with Crippen LogP contribution in [-0.4, -0.2) is 47.2 Å². The Labute approximate surface area is 171 Å². The summed E-state index contributed by atoms with van der Waals surface area (Å²) in [5.74, 6) is 4.68. The largest absolute Gasteiger partial charge is 0.454 e. The van der Waals surface area contributed by atoms with Crippen molar-refractivity contribution in [3.8, 4) is 11.5 Å². The molecule has 0 saturated carbocycles. The van der Waals surface area contributed by atoms with Crippen molar-refractivity contribution in [1.82, 2.24) is 25.4 Å². The molecule has 2 aromatic rings. The lowest BCUT2D eigenvalue weighted by Crippen LogP contribution is -2.38. The quantitative estimate of drug-likeness (QED) is 0.549. The van der Waals surface area contributed by atoms with Crippen molar-refractivity contribution in [3.05, 3.63) is 35.4 Å². The number of aliphatic imine (C=N–C) groups is 1. The first kappa shape index (κ1) is 19.5. The van der Waals surface area contributed by atoms with Gasteiger partial charge in [-0.25, -0.2) is 0 Å². The third-order valence-corrected chi connectivity index (χ3v) is 5.28. The van der Waals surface area contributed by atoms with Crippen molar-refractivity contribution in [1.29, 1.82) is 0 Å². The van der Waals surface area contributed by atoms with Gasteiger partial charge < -0.3 is 24.7 Å². The van der Waals surface area contributed by atoms with Gasteiger partial charge in [-0.1, -0.05) is 12.5 Å². The maximum atomic E-state index is 5.45. The van der Waals surface area contributed by atoms with Gasteiger partial charge in [0.05, 0.1) is 0 Å². The molecular weight excluding hydrogens is 368 g/mol. The number of nitrogens with zero attached hydrogens (tertiary/aromatic N) is 4. The third kappa shape index (κ3) is 4.99. The predicted octanol–water partition coefficient (Wildman–Crippen LogP) is 2.07. The van der Waals surface area contributed by atoms with Gasteiger partial charge in [0.1, 0.15) is 11.6 Å². The van der Waals surface area contributed by atoms with Gasteiger partial charge in [0.2, 0.25) is 6.79 Å². The van der Waals surface area contributed by atoms with Crippen LogP contribution in [0.15, 0.2) is 23.2 Å². The number of nitrogens with one attached hydrogen (secondary N) is 2. The minimum Gasteiger partial charge on any atom is -0.454 e. The average Bonchev–Trinajstić information content (AvgIpc) is 3.28. The van der Waals surface area contributed by atoms with E-state index < -0.39 is 0 Å². The summed E-state index contributed by atoms with van der Waals surface area (Å²) in [6.45, 7) is 5.74. The molecule has 0 saturated heterocycles. The molecule has 0 unspecified atom stereocenters. The van der Waals surface area contributed by atoms with Crippen LogP contribution in [-0.2, 0) is 25.8 Å². The molecule has 2 aliphatic rings. The first-order chi connectivity index (χ1) is 14.3. The van der Waals surface area contributed by atoms with E-state index in [1.165, 1.54) is 24.8 Å². The van der Waals surface area contributed by atoms with Gasteiger partial charge in [0.15, 0.2) is 17.5 Å².